The summed E-state index contributed by atoms with van der Waals surface area (Å²) in [5.41, 5.74) is 2.63. The van der Waals surface area contributed by atoms with E-state index in [1.165, 1.54) is 4.90 Å². The number of hydrogen-bond acceptors (Lipinski definition) is 4. The standard InChI is InChI=1S/C19H15N3OS/c1-24-15-9-7-14(8-10-15)13-20-19-18(16-5-4-12-23-16)21-17-6-2-3-11-22(17)19/h2-13H,1H3. The molecule has 0 spiro atoms. The molecule has 0 saturated carbocycles. The normalized spacial score (nSPS) is 11.5. The van der Waals surface area contributed by atoms with Crippen molar-refractivity contribution in [2.75, 3.05) is 6.26 Å². The number of furan rings is 1. The van der Waals surface area contributed by atoms with E-state index in [0.29, 0.717) is 5.76 Å². The summed E-state index contributed by atoms with van der Waals surface area (Å²) in [6, 6.07) is 17.9. The first kappa shape index (κ1) is 14.8. The summed E-state index contributed by atoms with van der Waals surface area (Å²) in [4.78, 5) is 10.6. The van der Waals surface area contributed by atoms with E-state index in [9.17, 15) is 0 Å². The highest BCUT2D eigenvalue weighted by Crippen LogP contribution is 2.31. The van der Waals surface area contributed by atoms with E-state index >= 15 is 0 Å². The number of thioether (sulfide) groups is 1. The summed E-state index contributed by atoms with van der Waals surface area (Å²) in [5, 5.41) is 0. The van der Waals surface area contributed by atoms with Gasteiger partial charge < -0.3 is 4.42 Å². The fourth-order valence-electron chi connectivity index (χ4n) is 2.51. The van der Waals surface area contributed by atoms with Crippen molar-refractivity contribution in [3.63, 3.8) is 0 Å². The van der Waals surface area contributed by atoms with Gasteiger partial charge in [-0.1, -0.05) is 18.2 Å². The maximum absolute atomic E-state index is 5.52. The van der Waals surface area contributed by atoms with E-state index < -0.39 is 0 Å². The van der Waals surface area contributed by atoms with Gasteiger partial charge in [0.2, 0.25) is 0 Å². The molecule has 3 aromatic heterocycles. The number of hydrogen-bond donors (Lipinski definition) is 0. The Labute approximate surface area is 143 Å². The Bertz CT molecular complexity index is 985. The fourth-order valence-corrected chi connectivity index (χ4v) is 2.92. The summed E-state index contributed by atoms with van der Waals surface area (Å²) in [6.45, 7) is 0. The third-order valence-corrected chi connectivity index (χ3v) is 4.45. The van der Waals surface area contributed by atoms with E-state index in [1.54, 1.807) is 18.0 Å². The molecule has 0 radical (unpaired) electrons. The number of rotatable bonds is 4. The summed E-state index contributed by atoms with van der Waals surface area (Å²) >= 11 is 1.72. The molecule has 0 fully saturated rings. The van der Waals surface area contributed by atoms with Crippen LogP contribution in [0.15, 0.2) is 81.4 Å². The van der Waals surface area contributed by atoms with Crippen LogP contribution in [0.3, 0.4) is 0 Å². The molecule has 0 amide bonds. The average molecular weight is 333 g/mol. The van der Waals surface area contributed by atoms with Crippen LogP contribution in [0.2, 0.25) is 0 Å². The molecule has 0 bridgehead atoms. The van der Waals surface area contributed by atoms with Crippen molar-refractivity contribution >= 4 is 29.4 Å². The summed E-state index contributed by atoms with van der Waals surface area (Å²) in [5.74, 6) is 1.47. The number of benzene rings is 1. The molecule has 4 aromatic rings. The third kappa shape index (κ3) is 2.74. The second kappa shape index (κ2) is 6.37. The van der Waals surface area contributed by atoms with Gasteiger partial charge in [-0.05, 0) is 48.2 Å². The minimum absolute atomic E-state index is 0.712. The third-order valence-electron chi connectivity index (χ3n) is 3.71. The van der Waals surface area contributed by atoms with Crippen LogP contribution in [0.4, 0.5) is 5.82 Å². The molecule has 0 saturated heterocycles. The number of imidazole rings is 1. The van der Waals surface area contributed by atoms with Crippen LogP contribution < -0.4 is 0 Å². The Morgan fingerprint density at radius 2 is 1.96 bits per heavy atom. The second-order valence-corrected chi connectivity index (χ2v) is 6.10. The zero-order chi connectivity index (χ0) is 16.4. The lowest BCUT2D eigenvalue weighted by Crippen LogP contribution is -1.84. The van der Waals surface area contributed by atoms with Crippen LogP contribution in [0, 0.1) is 0 Å². The Hall–Kier alpha value is -2.79. The van der Waals surface area contributed by atoms with Crippen LogP contribution in [-0.2, 0) is 0 Å². The predicted molar refractivity (Wildman–Crippen MR) is 98.4 cm³/mol. The molecule has 0 N–H and O–H groups in total. The van der Waals surface area contributed by atoms with Crippen molar-refractivity contribution < 1.29 is 4.42 Å². The molecule has 3 heterocycles. The number of nitrogens with zero attached hydrogens (tertiary/aromatic N) is 3. The summed E-state index contributed by atoms with van der Waals surface area (Å²) in [6.07, 6.45) is 7.52. The Morgan fingerprint density at radius 3 is 2.71 bits per heavy atom. The highest BCUT2D eigenvalue weighted by molar-refractivity contribution is 7.98. The number of pyridine rings is 1. The zero-order valence-electron chi connectivity index (χ0n) is 13.1. The van der Waals surface area contributed by atoms with Gasteiger partial charge in [0.05, 0.1) is 6.26 Å². The SMILES string of the molecule is CSc1ccc(C=Nc2c(-c3ccco3)nc3ccccn23)cc1. The minimum atomic E-state index is 0.712. The molecule has 4 rings (SSSR count). The van der Waals surface area contributed by atoms with Gasteiger partial charge in [0, 0.05) is 17.3 Å². The van der Waals surface area contributed by atoms with Gasteiger partial charge in [0.1, 0.15) is 5.65 Å². The number of aliphatic imine (C=N–C) groups is 1. The Balaban J connectivity index is 1.79. The van der Waals surface area contributed by atoms with Crippen LogP contribution in [0.5, 0.6) is 0 Å². The highest BCUT2D eigenvalue weighted by Gasteiger charge is 2.14. The molecule has 5 heteroatoms. The largest absolute Gasteiger partial charge is 0.463 e. The first-order chi connectivity index (χ1) is 11.8. The molecule has 4 nitrogen and oxygen atoms in total. The van der Waals surface area contributed by atoms with Gasteiger partial charge >= 0.3 is 0 Å². The first-order valence-electron chi connectivity index (χ1n) is 7.54. The Kier molecular flexibility index (Phi) is 3.92. The predicted octanol–water partition coefficient (Wildman–Crippen LogP) is 5.07. The van der Waals surface area contributed by atoms with Gasteiger partial charge in [-0.15, -0.1) is 11.8 Å². The van der Waals surface area contributed by atoms with Crippen molar-refractivity contribution in [3.05, 3.63) is 72.6 Å². The molecule has 0 unspecified atom stereocenters. The van der Waals surface area contributed by atoms with Gasteiger partial charge in [0.25, 0.3) is 0 Å². The zero-order valence-corrected chi connectivity index (χ0v) is 13.9. The van der Waals surface area contributed by atoms with E-state index in [4.69, 9.17) is 4.42 Å². The minimum Gasteiger partial charge on any atom is -0.463 e. The lowest BCUT2D eigenvalue weighted by molar-refractivity contribution is 0.580. The Morgan fingerprint density at radius 1 is 1.08 bits per heavy atom. The quantitative estimate of drug-likeness (QED) is 0.387. The second-order valence-electron chi connectivity index (χ2n) is 5.22. The monoisotopic (exact) mass is 333 g/mol. The lowest BCUT2D eigenvalue weighted by Gasteiger charge is -1.99. The lowest BCUT2D eigenvalue weighted by atomic mass is 10.2. The molecular weight excluding hydrogens is 318 g/mol. The van der Waals surface area contributed by atoms with Gasteiger partial charge in [-0.3, -0.25) is 4.40 Å². The molecule has 0 aliphatic carbocycles. The van der Waals surface area contributed by atoms with Gasteiger partial charge in [0.15, 0.2) is 17.3 Å². The smallest absolute Gasteiger partial charge is 0.168 e. The van der Waals surface area contributed by atoms with E-state index in [0.717, 1.165) is 22.7 Å². The highest BCUT2D eigenvalue weighted by atomic mass is 32.2. The molecule has 0 aliphatic rings. The summed E-state index contributed by atoms with van der Waals surface area (Å²) < 4.78 is 7.48. The van der Waals surface area contributed by atoms with Crippen LogP contribution in [0.25, 0.3) is 17.1 Å². The van der Waals surface area contributed by atoms with E-state index in [2.05, 4.69) is 40.5 Å². The topological polar surface area (TPSA) is 42.8 Å². The molecule has 1 aromatic carbocycles. The van der Waals surface area contributed by atoms with Crippen molar-refractivity contribution in [2.24, 2.45) is 4.99 Å². The maximum atomic E-state index is 5.52. The van der Waals surface area contributed by atoms with Gasteiger partial charge in [-0.2, -0.15) is 0 Å². The average Bonchev–Trinajstić information content (AvgIpc) is 3.28. The molecule has 0 atom stereocenters. The van der Waals surface area contributed by atoms with E-state index in [-0.39, 0.29) is 0 Å². The molecule has 0 aliphatic heterocycles. The van der Waals surface area contributed by atoms with Crippen molar-refractivity contribution in [2.45, 2.75) is 4.90 Å². The van der Waals surface area contributed by atoms with Gasteiger partial charge in [-0.25, -0.2) is 9.98 Å². The van der Waals surface area contributed by atoms with Crippen LogP contribution in [-0.4, -0.2) is 21.9 Å². The first-order valence-corrected chi connectivity index (χ1v) is 8.77. The van der Waals surface area contributed by atoms with E-state index in [1.807, 2.05) is 47.1 Å². The van der Waals surface area contributed by atoms with Crippen molar-refractivity contribution in [1.82, 2.24) is 9.38 Å². The van der Waals surface area contributed by atoms with Crippen molar-refractivity contribution in [3.8, 4) is 11.5 Å². The number of fused-ring (bicyclic) bond motifs is 1. The van der Waals surface area contributed by atoms with Crippen LogP contribution in [0.1, 0.15) is 5.56 Å². The van der Waals surface area contributed by atoms with Crippen LogP contribution >= 0.6 is 11.8 Å². The van der Waals surface area contributed by atoms with Crippen molar-refractivity contribution in [1.29, 1.82) is 0 Å². The molecule has 118 valence electrons. The summed E-state index contributed by atoms with van der Waals surface area (Å²) in [7, 11) is 0. The molecule has 24 heavy (non-hydrogen) atoms. The maximum Gasteiger partial charge on any atom is 0.168 e. The fraction of sp³-hybridized carbons (Fsp3) is 0.0526. The molecular formula is C19H15N3OS. The number of aromatic nitrogens is 2.